The summed E-state index contributed by atoms with van der Waals surface area (Å²) in [7, 11) is 0. The zero-order valence-corrected chi connectivity index (χ0v) is 13.3. The third-order valence-corrected chi connectivity index (χ3v) is 3.74. The summed E-state index contributed by atoms with van der Waals surface area (Å²) >= 11 is 0. The zero-order valence-electron chi connectivity index (χ0n) is 13.3. The molecule has 0 atom stereocenters. The first-order valence-electron chi connectivity index (χ1n) is 7.68. The van der Waals surface area contributed by atoms with Crippen LogP contribution in [0, 0.1) is 10.1 Å². The average Bonchev–Trinajstić information content (AvgIpc) is 2.69. The molecule has 1 fully saturated rings. The molecule has 1 aliphatic rings. The minimum atomic E-state index is -3.11. The van der Waals surface area contributed by atoms with E-state index < -0.39 is 11.5 Å². The van der Waals surface area contributed by atoms with Crippen LogP contribution in [-0.4, -0.2) is 48.5 Å². The second-order valence-electron chi connectivity index (χ2n) is 5.44. The van der Waals surface area contributed by atoms with Gasteiger partial charge in [0, 0.05) is 25.7 Å². The number of non-ortho nitro benzene ring substituents is 1. The van der Waals surface area contributed by atoms with E-state index in [4.69, 9.17) is 0 Å². The predicted molar refractivity (Wildman–Crippen MR) is 83.4 cm³/mol. The van der Waals surface area contributed by atoms with Gasteiger partial charge >= 0.3 is 6.61 Å². The number of rotatable bonds is 6. The van der Waals surface area contributed by atoms with Crippen molar-refractivity contribution in [1.29, 1.82) is 0 Å². The summed E-state index contributed by atoms with van der Waals surface area (Å²) in [5.41, 5.74) is -0.0873. The number of carbonyl (C=O) groups excluding carboxylic acids is 1. The van der Waals surface area contributed by atoms with Crippen LogP contribution >= 0.6 is 0 Å². The van der Waals surface area contributed by atoms with Gasteiger partial charge in [-0.3, -0.25) is 14.9 Å². The second-order valence-corrected chi connectivity index (χ2v) is 5.44. The van der Waals surface area contributed by atoms with Crippen molar-refractivity contribution in [3.05, 3.63) is 28.3 Å². The molecule has 0 unspecified atom stereocenters. The molecule has 0 spiro atoms. The third-order valence-electron chi connectivity index (χ3n) is 3.74. The number of benzene rings is 1. The van der Waals surface area contributed by atoms with Gasteiger partial charge in [0.1, 0.15) is 0 Å². The molecule has 1 saturated heterocycles. The quantitative estimate of drug-likeness (QED) is 0.586. The van der Waals surface area contributed by atoms with Crippen LogP contribution in [0.3, 0.4) is 0 Å². The molecule has 0 bridgehead atoms. The number of hydrogen-bond acceptors (Lipinski definition) is 5. The van der Waals surface area contributed by atoms with E-state index in [0.29, 0.717) is 26.1 Å². The number of amides is 1. The summed E-state index contributed by atoms with van der Waals surface area (Å²) in [5, 5.41) is 10.8. The summed E-state index contributed by atoms with van der Waals surface area (Å²) < 4.78 is 29.7. The maximum absolute atomic E-state index is 12.6. The summed E-state index contributed by atoms with van der Waals surface area (Å²) in [6.45, 7) is 0.612. The zero-order chi connectivity index (χ0) is 17.7. The van der Waals surface area contributed by atoms with Crippen molar-refractivity contribution in [3.63, 3.8) is 0 Å². The lowest BCUT2D eigenvalue weighted by molar-refractivity contribution is -0.385. The summed E-state index contributed by atoms with van der Waals surface area (Å²) in [6, 6.07) is 3.52. The Labute approximate surface area is 137 Å². The molecule has 2 rings (SSSR count). The van der Waals surface area contributed by atoms with Crippen molar-refractivity contribution < 1.29 is 23.2 Å². The van der Waals surface area contributed by atoms with Gasteiger partial charge < -0.3 is 14.5 Å². The highest BCUT2D eigenvalue weighted by molar-refractivity contribution is 5.83. The second kappa shape index (κ2) is 7.89. The van der Waals surface area contributed by atoms with Gasteiger partial charge in [-0.25, -0.2) is 0 Å². The molecular formula is C15H19F2N3O4. The van der Waals surface area contributed by atoms with Crippen molar-refractivity contribution in [3.8, 4) is 5.75 Å². The van der Waals surface area contributed by atoms with Crippen molar-refractivity contribution in [1.82, 2.24) is 4.90 Å². The van der Waals surface area contributed by atoms with Crippen LogP contribution in [0.2, 0.25) is 0 Å². The Balaban J connectivity index is 2.29. The third kappa shape index (κ3) is 4.30. The molecule has 0 radical (unpaired) electrons. The Morgan fingerprint density at radius 3 is 2.75 bits per heavy atom. The molecular weight excluding hydrogens is 324 g/mol. The molecule has 1 aliphatic heterocycles. The lowest BCUT2D eigenvalue weighted by atomic mass is 10.2. The first-order chi connectivity index (χ1) is 11.4. The molecule has 0 aliphatic carbocycles. The highest BCUT2D eigenvalue weighted by atomic mass is 19.3. The first-order valence-corrected chi connectivity index (χ1v) is 7.68. The summed E-state index contributed by atoms with van der Waals surface area (Å²) in [4.78, 5) is 25.8. The molecule has 0 saturated carbocycles. The van der Waals surface area contributed by atoms with Crippen LogP contribution in [0.1, 0.15) is 19.8 Å². The predicted octanol–water partition coefficient (Wildman–Crippen LogP) is 2.64. The number of ether oxygens (including phenoxy) is 1. The smallest absolute Gasteiger partial charge is 0.387 e. The van der Waals surface area contributed by atoms with Crippen LogP contribution < -0.4 is 9.64 Å². The molecule has 24 heavy (non-hydrogen) atoms. The Bertz CT molecular complexity index is 612. The molecule has 1 aromatic rings. The van der Waals surface area contributed by atoms with Crippen LogP contribution in [0.25, 0.3) is 0 Å². The Morgan fingerprint density at radius 2 is 2.12 bits per heavy atom. The highest BCUT2D eigenvalue weighted by Crippen LogP contribution is 2.34. The van der Waals surface area contributed by atoms with Gasteiger partial charge in [-0.05, 0) is 18.9 Å². The number of nitro benzene ring substituents is 1. The number of nitro groups is 1. The lowest BCUT2D eigenvalue weighted by Gasteiger charge is -2.24. The van der Waals surface area contributed by atoms with E-state index in [0.717, 1.165) is 12.5 Å². The van der Waals surface area contributed by atoms with Gasteiger partial charge in [0.15, 0.2) is 5.75 Å². The molecule has 132 valence electrons. The van der Waals surface area contributed by atoms with E-state index in [1.807, 2.05) is 6.92 Å². The number of alkyl halides is 2. The summed E-state index contributed by atoms with van der Waals surface area (Å²) in [5.74, 6) is -0.397. The fraction of sp³-hybridized carbons (Fsp3) is 0.533. The maximum Gasteiger partial charge on any atom is 0.387 e. The van der Waals surface area contributed by atoms with Gasteiger partial charge in [0.2, 0.25) is 5.91 Å². The Kier molecular flexibility index (Phi) is 5.88. The van der Waals surface area contributed by atoms with Crippen molar-refractivity contribution >= 4 is 17.3 Å². The van der Waals surface area contributed by atoms with E-state index in [1.165, 1.54) is 12.1 Å². The minimum Gasteiger partial charge on any atom is -0.432 e. The SMILES string of the molecule is CCCN1CCCN(c2ccc([N+](=O)[O-])cc2OC(F)F)CC1=O. The number of nitrogens with zero attached hydrogens (tertiary/aromatic N) is 3. The lowest BCUT2D eigenvalue weighted by Crippen LogP contribution is -2.37. The molecule has 1 aromatic carbocycles. The van der Waals surface area contributed by atoms with Gasteiger partial charge in [-0.1, -0.05) is 6.92 Å². The van der Waals surface area contributed by atoms with Crippen molar-refractivity contribution in [2.75, 3.05) is 31.1 Å². The van der Waals surface area contributed by atoms with Crippen LogP contribution in [0.4, 0.5) is 20.2 Å². The fourth-order valence-corrected chi connectivity index (χ4v) is 2.70. The van der Waals surface area contributed by atoms with Crippen molar-refractivity contribution in [2.24, 2.45) is 0 Å². The molecule has 1 heterocycles. The standard InChI is InChI=1S/C15H19F2N3O4/c1-2-6-18-7-3-8-19(10-14(18)21)12-5-4-11(20(22)23)9-13(12)24-15(16)17/h4-5,9,15H,2-3,6-8,10H2,1H3. The van der Waals surface area contributed by atoms with E-state index in [1.54, 1.807) is 9.80 Å². The number of anilines is 1. The first kappa shape index (κ1) is 17.9. The largest absolute Gasteiger partial charge is 0.432 e. The van der Waals surface area contributed by atoms with E-state index >= 15 is 0 Å². The highest BCUT2D eigenvalue weighted by Gasteiger charge is 2.25. The monoisotopic (exact) mass is 343 g/mol. The molecule has 0 aromatic heterocycles. The topological polar surface area (TPSA) is 75.9 Å². The number of hydrogen-bond donors (Lipinski definition) is 0. The Morgan fingerprint density at radius 1 is 1.38 bits per heavy atom. The van der Waals surface area contributed by atoms with Crippen LogP contribution in [-0.2, 0) is 4.79 Å². The number of halogens is 2. The number of carbonyl (C=O) groups is 1. The molecule has 7 nitrogen and oxygen atoms in total. The van der Waals surface area contributed by atoms with E-state index in [9.17, 15) is 23.7 Å². The van der Waals surface area contributed by atoms with Crippen LogP contribution in [0.5, 0.6) is 5.75 Å². The van der Waals surface area contributed by atoms with E-state index in [-0.39, 0.29) is 29.6 Å². The maximum atomic E-state index is 12.6. The minimum absolute atomic E-state index is 0.0252. The molecule has 0 N–H and O–H groups in total. The fourth-order valence-electron chi connectivity index (χ4n) is 2.70. The molecule has 9 heteroatoms. The van der Waals surface area contributed by atoms with Gasteiger partial charge in [0.05, 0.1) is 23.2 Å². The van der Waals surface area contributed by atoms with Gasteiger partial charge in [-0.2, -0.15) is 8.78 Å². The Hall–Kier alpha value is -2.45. The van der Waals surface area contributed by atoms with E-state index in [2.05, 4.69) is 4.74 Å². The van der Waals surface area contributed by atoms with Gasteiger partial charge in [-0.15, -0.1) is 0 Å². The average molecular weight is 343 g/mol. The van der Waals surface area contributed by atoms with Gasteiger partial charge in [0.25, 0.3) is 5.69 Å². The normalized spacial score (nSPS) is 15.6. The molecule has 1 amide bonds. The van der Waals surface area contributed by atoms with Crippen LogP contribution in [0.15, 0.2) is 18.2 Å². The summed E-state index contributed by atoms with van der Waals surface area (Å²) in [6.07, 6.45) is 1.51. The van der Waals surface area contributed by atoms with Crippen molar-refractivity contribution in [2.45, 2.75) is 26.4 Å².